The molecular formula is C28H30FN3O3. The molecule has 6 nitrogen and oxygen atoms in total. The van der Waals surface area contributed by atoms with Crippen molar-refractivity contribution in [2.75, 3.05) is 6.54 Å². The van der Waals surface area contributed by atoms with Crippen LogP contribution < -0.4 is 5.56 Å². The maximum absolute atomic E-state index is 13.2. The van der Waals surface area contributed by atoms with Gasteiger partial charge in [-0.3, -0.25) is 4.79 Å². The van der Waals surface area contributed by atoms with E-state index in [1.807, 2.05) is 56.1 Å². The van der Waals surface area contributed by atoms with E-state index in [9.17, 15) is 14.0 Å². The number of ether oxygens (including phenoxy) is 1. The summed E-state index contributed by atoms with van der Waals surface area (Å²) in [6.45, 7) is 7.41. The smallest absolute Gasteiger partial charge is 0.410 e. The van der Waals surface area contributed by atoms with Crippen LogP contribution in [0.15, 0.2) is 65.7 Å². The molecule has 35 heavy (non-hydrogen) atoms. The van der Waals surface area contributed by atoms with Crippen molar-refractivity contribution in [1.29, 1.82) is 0 Å². The van der Waals surface area contributed by atoms with E-state index in [2.05, 4.69) is 4.57 Å². The number of likely N-dealkylation sites (tertiary alicyclic amines) is 1. The molecule has 182 valence electrons. The number of pyridine rings is 1. The molecule has 1 atom stereocenters. The third-order valence-corrected chi connectivity index (χ3v) is 6.59. The summed E-state index contributed by atoms with van der Waals surface area (Å²) < 4.78 is 22.6. The predicted octanol–water partition coefficient (Wildman–Crippen LogP) is 5.54. The molecule has 0 saturated carbocycles. The highest BCUT2D eigenvalue weighted by Crippen LogP contribution is 2.28. The lowest BCUT2D eigenvalue weighted by Gasteiger charge is -2.29. The largest absolute Gasteiger partial charge is 0.444 e. The number of benzene rings is 2. The van der Waals surface area contributed by atoms with E-state index in [0.29, 0.717) is 25.0 Å². The number of aromatic nitrogens is 2. The summed E-state index contributed by atoms with van der Waals surface area (Å²) in [7, 11) is 0. The summed E-state index contributed by atoms with van der Waals surface area (Å²) in [5.74, 6) is -0.293. The topological polar surface area (TPSA) is 56.5 Å². The van der Waals surface area contributed by atoms with Gasteiger partial charge in [0, 0.05) is 41.8 Å². The SMILES string of the molecule is CC(C)(C)OC(=O)N1CCC[C@H]1Cn1ccc2c3ccn(Cc4ccc(F)cc4)c(=O)c3ccc21. The van der Waals surface area contributed by atoms with E-state index in [4.69, 9.17) is 4.74 Å². The van der Waals surface area contributed by atoms with Crippen molar-refractivity contribution in [2.45, 2.75) is 58.3 Å². The molecule has 1 saturated heterocycles. The number of rotatable bonds is 4. The number of carbonyl (C=O) groups excluding carboxylic acids is 1. The summed E-state index contributed by atoms with van der Waals surface area (Å²) in [5.41, 5.74) is 1.30. The van der Waals surface area contributed by atoms with Gasteiger partial charge >= 0.3 is 6.09 Å². The van der Waals surface area contributed by atoms with Gasteiger partial charge in [-0.05, 0) is 81.0 Å². The summed E-state index contributed by atoms with van der Waals surface area (Å²) in [6.07, 6.45) is 5.45. The zero-order valence-electron chi connectivity index (χ0n) is 20.3. The molecule has 7 heteroatoms. The Bertz CT molecular complexity index is 1450. The second-order valence-corrected chi connectivity index (χ2v) is 10.3. The lowest BCUT2D eigenvalue weighted by Crippen LogP contribution is -2.41. The fraction of sp³-hybridized carbons (Fsp3) is 0.357. The zero-order chi connectivity index (χ0) is 24.7. The van der Waals surface area contributed by atoms with E-state index in [0.717, 1.165) is 34.7 Å². The molecule has 3 heterocycles. The van der Waals surface area contributed by atoms with E-state index >= 15 is 0 Å². The highest BCUT2D eigenvalue weighted by molar-refractivity contribution is 6.06. The summed E-state index contributed by atoms with van der Waals surface area (Å²) in [6, 6.07) is 14.1. The number of hydrogen-bond acceptors (Lipinski definition) is 3. The van der Waals surface area contributed by atoms with Gasteiger partial charge in [0.25, 0.3) is 5.56 Å². The number of halogens is 1. The van der Waals surface area contributed by atoms with Gasteiger partial charge in [-0.15, -0.1) is 0 Å². The van der Waals surface area contributed by atoms with Crippen LogP contribution in [0.3, 0.4) is 0 Å². The minimum absolute atomic E-state index is 0.0693. The third kappa shape index (κ3) is 4.67. The highest BCUT2D eigenvalue weighted by atomic mass is 19.1. The summed E-state index contributed by atoms with van der Waals surface area (Å²) >= 11 is 0. The molecule has 1 amide bonds. The Morgan fingerprint density at radius 3 is 2.43 bits per heavy atom. The Hall–Kier alpha value is -3.61. The van der Waals surface area contributed by atoms with Gasteiger partial charge < -0.3 is 18.8 Å². The molecule has 2 aromatic heterocycles. The molecule has 0 radical (unpaired) electrons. The van der Waals surface area contributed by atoms with Gasteiger partial charge in [0.1, 0.15) is 11.4 Å². The van der Waals surface area contributed by atoms with E-state index in [-0.39, 0.29) is 23.5 Å². The van der Waals surface area contributed by atoms with Crippen molar-refractivity contribution >= 4 is 27.8 Å². The average molecular weight is 476 g/mol. The molecule has 0 bridgehead atoms. The van der Waals surface area contributed by atoms with Crippen molar-refractivity contribution in [3.8, 4) is 0 Å². The first-order chi connectivity index (χ1) is 16.7. The molecule has 0 aliphatic carbocycles. The maximum atomic E-state index is 13.2. The fourth-order valence-corrected chi connectivity index (χ4v) is 4.93. The molecule has 1 aliphatic heterocycles. The van der Waals surface area contributed by atoms with Crippen LogP contribution in [0, 0.1) is 5.82 Å². The zero-order valence-corrected chi connectivity index (χ0v) is 20.3. The Kier molecular flexibility index (Phi) is 5.87. The first kappa shape index (κ1) is 23.1. The summed E-state index contributed by atoms with van der Waals surface area (Å²) in [5, 5.41) is 2.56. The van der Waals surface area contributed by atoms with Gasteiger partial charge in [-0.2, -0.15) is 0 Å². The minimum Gasteiger partial charge on any atom is -0.444 e. The fourth-order valence-electron chi connectivity index (χ4n) is 4.93. The number of amides is 1. The first-order valence-corrected chi connectivity index (χ1v) is 12.0. The van der Waals surface area contributed by atoms with Crippen molar-refractivity contribution in [2.24, 2.45) is 0 Å². The van der Waals surface area contributed by atoms with Crippen LogP contribution in [0.1, 0.15) is 39.2 Å². The van der Waals surface area contributed by atoms with Crippen molar-refractivity contribution in [1.82, 2.24) is 14.0 Å². The third-order valence-electron chi connectivity index (χ3n) is 6.59. The van der Waals surface area contributed by atoms with Gasteiger partial charge in [-0.1, -0.05) is 12.1 Å². The lowest BCUT2D eigenvalue weighted by molar-refractivity contribution is 0.0215. The lowest BCUT2D eigenvalue weighted by atomic mass is 10.1. The highest BCUT2D eigenvalue weighted by Gasteiger charge is 2.32. The van der Waals surface area contributed by atoms with Crippen molar-refractivity contribution in [3.63, 3.8) is 0 Å². The molecule has 1 fully saturated rings. The average Bonchev–Trinajstić information content (AvgIpc) is 3.43. The van der Waals surface area contributed by atoms with E-state index in [1.165, 1.54) is 12.1 Å². The number of hydrogen-bond donors (Lipinski definition) is 0. The Labute approximate surface area is 203 Å². The second kappa shape index (κ2) is 8.87. The molecule has 4 aromatic rings. The van der Waals surface area contributed by atoms with Gasteiger partial charge in [-0.25, -0.2) is 9.18 Å². The van der Waals surface area contributed by atoms with Crippen LogP contribution in [0.2, 0.25) is 0 Å². The van der Waals surface area contributed by atoms with Crippen LogP contribution in [0.25, 0.3) is 21.7 Å². The molecule has 0 unspecified atom stereocenters. The minimum atomic E-state index is -0.521. The molecular weight excluding hydrogens is 445 g/mol. The van der Waals surface area contributed by atoms with Crippen molar-refractivity contribution < 1.29 is 13.9 Å². The van der Waals surface area contributed by atoms with Crippen LogP contribution in [0.5, 0.6) is 0 Å². The number of carbonyl (C=O) groups is 1. The maximum Gasteiger partial charge on any atom is 0.410 e. The normalized spacial score (nSPS) is 16.3. The second-order valence-electron chi connectivity index (χ2n) is 10.3. The molecule has 1 aliphatic rings. The monoisotopic (exact) mass is 475 g/mol. The first-order valence-electron chi connectivity index (χ1n) is 12.0. The van der Waals surface area contributed by atoms with Gasteiger partial charge in [0.05, 0.1) is 12.6 Å². The molecule has 0 N–H and O–H groups in total. The Balaban J connectivity index is 1.42. The molecule has 2 aromatic carbocycles. The van der Waals surface area contributed by atoms with Crippen LogP contribution in [0.4, 0.5) is 9.18 Å². The van der Waals surface area contributed by atoms with Crippen LogP contribution in [-0.4, -0.2) is 38.3 Å². The number of nitrogens with zero attached hydrogens (tertiary/aromatic N) is 3. The predicted molar refractivity (Wildman–Crippen MR) is 135 cm³/mol. The van der Waals surface area contributed by atoms with Gasteiger partial charge in [0.15, 0.2) is 0 Å². The quantitative estimate of drug-likeness (QED) is 0.389. The van der Waals surface area contributed by atoms with E-state index < -0.39 is 5.60 Å². The Morgan fingerprint density at radius 1 is 0.971 bits per heavy atom. The van der Waals surface area contributed by atoms with Crippen LogP contribution in [-0.2, 0) is 17.8 Å². The standard InChI is InChI=1S/C28H30FN3O3/c1-28(2,3)35-27(34)32-14-4-5-21(32)18-30-15-13-23-22-12-16-31(17-19-6-8-20(29)9-7-19)26(33)24(22)10-11-25(23)30/h6-13,15-16,21H,4-5,14,17-18H2,1-3H3/t21-/m0/s1. The van der Waals surface area contributed by atoms with Gasteiger partial charge in [0.2, 0.25) is 0 Å². The van der Waals surface area contributed by atoms with E-state index in [1.54, 1.807) is 22.9 Å². The Morgan fingerprint density at radius 2 is 1.69 bits per heavy atom. The molecule has 5 rings (SSSR count). The van der Waals surface area contributed by atoms with Crippen molar-refractivity contribution in [3.05, 3.63) is 82.7 Å². The molecule has 0 spiro atoms. The van der Waals surface area contributed by atoms with Crippen LogP contribution >= 0.6 is 0 Å². The summed E-state index contributed by atoms with van der Waals surface area (Å²) in [4.78, 5) is 27.7. The number of fused-ring (bicyclic) bond motifs is 3.